The normalized spacial score (nSPS) is 19.8. The molecule has 2 aromatic heterocycles. The van der Waals surface area contributed by atoms with Crippen molar-refractivity contribution >= 4 is 5.82 Å². The maximum absolute atomic E-state index is 13.3. The summed E-state index contributed by atoms with van der Waals surface area (Å²) in [5, 5.41) is 0. The predicted molar refractivity (Wildman–Crippen MR) is 106 cm³/mol. The predicted octanol–water partition coefficient (Wildman–Crippen LogP) is 3.55. The zero-order valence-electron chi connectivity index (χ0n) is 16.7. The Hall–Kier alpha value is -2.29. The smallest absolute Gasteiger partial charge is 0.157 e. The molecule has 1 atom stereocenters. The molecule has 0 amide bonds. The molecule has 4 heterocycles. The monoisotopic (exact) mass is 402 g/mol. The summed E-state index contributed by atoms with van der Waals surface area (Å²) in [6, 6.07) is 3.27. The summed E-state index contributed by atoms with van der Waals surface area (Å²) in [6.07, 6.45) is 8.52. The Morgan fingerprint density at radius 1 is 1.21 bits per heavy atom. The first-order valence-corrected chi connectivity index (χ1v) is 10.1. The molecule has 4 rings (SSSR count). The lowest BCUT2D eigenvalue weighted by atomic mass is 10.2. The minimum atomic E-state index is -0.430. The number of hydrogen-bond acceptors (Lipinski definition) is 7. The number of fused-ring (bicyclic) bond motifs is 1. The van der Waals surface area contributed by atoms with E-state index in [9.17, 15) is 4.39 Å². The minimum absolute atomic E-state index is 0.0327. The second kappa shape index (κ2) is 9.47. The highest BCUT2D eigenvalue weighted by molar-refractivity contribution is 5.51. The number of ether oxygens (including phenoxy) is 3. The molecular weight excluding hydrogens is 375 g/mol. The van der Waals surface area contributed by atoms with E-state index in [2.05, 4.69) is 19.8 Å². The molecule has 0 radical (unpaired) electrons. The number of hydrogen-bond donors (Lipinski definition) is 0. The largest absolute Gasteiger partial charge is 0.454 e. The Labute approximate surface area is 170 Å². The standard InChI is InChI=1S/C21H27FN4O3/c1-25-15-26(6-4-8-28-20-5-2-3-7-27-20)14-16-9-18(13-24-21(16)25)29-19-10-17(22)11-23-12-19/h9-13,20H,2-8,14-15H2,1H3. The first-order valence-electron chi connectivity index (χ1n) is 10.1. The van der Waals surface area contributed by atoms with Gasteiger partial charge in [-0.15, -0.1) is 0 Å². The molecule has 0 N–H and O–H groups in total. The van der Waals surface area contributed by atoms with E-state index in [4.69, 9.17) is 14.2 Å². The van der Waals surface area contributed by atoms with Gasteiger partial charge in [0.15, 0.2) is 6.29 Å². The van der Waals surface area contributed by atoms with Gasteiger partial charge in [-0.1, -0.05) is 0 Å². The van der Waals surface area contributed by atoms with E-state index in [1.54, 1.807) is 6.20 Å². The Morgan fingerprint density at radius 2 is 2.10 bits per heavy atom. The maximum atomic E-state index is 13.3. The molecule has 2 aliphatic heterocycles. The zero-order chi connectivity index (χ0) is 20.1. The number of anilines is 1. The van der Waals surface area contributed by atoms with Gasteiger partial charge in [0.2, 0.25) is 0 Å². The highest BCUT2D eigenvalue weighted by Crippen LogP contribution is 2.29. The fourth-order valence-corrected chi connectivity index (χ4v) is 3.73. The van der Waals surface area contributed by atoms with Crippen LogP contribution in [0.4, 0.5) is 10.2 Å². The van der Waals surface area contributed by atoms with Crippen LogP contribution >= 0.6 is 0 Å². The van der Waals surface area contributed by atoms with Crippen molar-refractivity contribution in [2.45, 2.75) is 38.5 Å². The van der Waals surface area contributed by atoms with Crippen molar-refractivity contribution in [3.05, 3.63) is 42.1 Å². The van der Waals surface area contributed by atoms with Crippen molar-refractivity contribution in [1.82, 2.24) is 14.9 Å². The lowest BCUT2D eigenvalue weighted by Gasteiger charge is -2.35. The van der Waals surface area contributed by atoms with Crippen LogP contribution in [0.1, 0.15) is 31.2 Å². The number of rotatable bonds is 7. The van der Waals surface area contributed by atoms with Crippen LogP contribution in [0.5, 0.6) is 11.5 Å². The third-order valence-corrected chi connectivity index (χ3v) is 5.06. The van der Waals surface area contributed by atoms with Crippen LogP contribution < -0.4 is 9.64 Å². The van der Waals surface area contributed by atoms with E-state index >= 15 is 0 Å². The number of halogens is 1. The van der Waals surface area contributed by atoms with Crippen molar-refractivity contribution < 1.29 is 18.6 Å². The summed E-state index contributed by atoms with van der Waals surface area (Å²) < 4.78 is 30.5. The average Bonchev–Trinajstić information content (AvgIpc) is 2.72. The van der Waals surface area contributed by atoms with E-state index in [1.807, 2.05) is 13.1 Å². The van der Waals surface area contributed by atoms with Crippen molar-refractivity contribution in [3.8, 4) is 11.5 Å². The lowest BCUT2D eigenvalue weighted by Crippen LogP contribution is -2.41. The molecule has 156 valence electrons. The summed E-state index contributed by atoms with van der Waals surface area (Å²) >= 11 is 0. The van der Waals surface area contributed by atoms with Crippen molar-refractivity contribution in [3.63, 3.8) is 0 Å². The molecule has 0 spiro atoms. The summed E-state index contributed by atoms with van der Waals surface area (Å²) in [6.45, 7) is 4.03. The Morgan fingerprint density at radius 3 is 2.93 bits per heavy atom. The third-order valence-electron chi connectivity index (χ3n) is 5.06. The van der Waals surface area contributed by atoms with Gasteiger partial charge in [0, 0.05) is 38.4 Å². The number of aromatic nitrogens is 2. The molecule has 1 saturated heterocycles. The van der Waals surface area contributed by atoms with Gasteiger partial charge >= 0.3 is 0 Å². The quantitative estimate of drug-likeness (QED) is 0.657. The van der Waals surface area contributed by atoms with Gasteiger partial charge in [0.25, 0.3) is 0 Å². The van der Waals surface area contributed by atoms with Gasteiger partial charge in [-0.3, -0.25) is 9.88 Å². The Kier molecular flexibility index (Phi) is 6.53. The summed E-state index contributed by atoms with van der Waals surface area (Å²) in [5.74, 6) is 1.44. The van der Waals surface area contributed by atoms with E-state index in [0.717, 1.165) is 63.2 Å². The third kappa shape index (κ3) is 5.41. The molecule has 8 heteroatoms. The Balaban J connectivity index is 1.32. The molecule has 0 bridgehead atoms. The molecule has 7 nitrogen and oxygen atoms in total. The minimum Gasteiger partial charge on any atom is -0.454 e. The van der Waals surface area contributed by atoms with Crippen LogP contribution in [0.3, 0.4) is 0 Å². The number of pyridine rings is 2. The molecular formula is C21H27FN4O3. The van der Waals surface area contributed by atoms with Crippen molar-refractivity contribution in [2.24, 2.45) is 0 Å². The molecule has 1 unspecified atom stereocenters. The molecule has 2 aliphatic rings. The van der Waals surface area contributed by atoms with Crippen LogP contribution in [-0.2, 0) is 16.0 Å². The number of nitrogens with zero attached hydrogens (tertiary/aromatic N) is 4. The average molecular weight is 402 g/mol. The van der Waals surface area contributed by atoms with Gasteiger partial charge in [-0.2, -0.15) is 0 Å². The van der Waals surface area contributed by atoms with E-state index in [0.29, 0.717) is 18.1 Å². The fraction of sp³-hybridized carbons (Fsp3) is 0.524. The first kappa shape index (κ1) is 20.0. The summed E-state index contributed by atoms with van der Waals surface area (Å²) in [5.41, 5.74) is 1.08. The zero-order valence-corrected chi connectivity index (χ0v) is 16.7. The first-order chi connectivity index (χ1) is 14.2. The lowest BCUT2D eigenvalue weighted by molar-refractivity contribution is -0.163. The molecule has 0 aromatic carbocycles. The molecule has 2 aromatic rings. The maximum Gasteiger partial charge on any atom is 0.157 e. The van der Waals surface area contributed by atoms with Gasteiger partial charge in [-0.25, -0.2) is 9.37 Å². The van der Waals surface area contributed by atoms with E-state index < -0.39 is 5.82 Å². The van der Waals surface area contributed by atoms with Gasteiger partial charge in [-0.05, 0) is 31.7 Å². The summed E-state index contributed by atoms with van der Waals surface area (Å²) in [4.78, 5) is 12.8. The van der Waals surface area contributed by atoms with Crippen LogP contribution in [0.15, 0.2) is 30.7 Å². The molecule has 0 saturated carbocycles. The van der Waals surface area contributed by atoms with Gasteiger partial charge < -0.3 is 19.1 Å². The highest BCUT2D eigenvalue weighted by atomic mass is 19.1. The van der Waals surface area contributed by atoms with Crippen molar-refractivity contribution in [2.75, 3.05) is 38.4 Å². The summed E-state index contributed by atoms with van der Waals surface area (Å²) in [7, 11) is 2.03. The van der Waals surface area contributed by atoms with E-state index in [1.165, 1.54) is 18.7 Å². The van der Waals surface area contributed by atoms with Gasteiger partial charge in [0.1, 0.15) is 23.1 Å². The fourth-order valence-electron chi connectivity index (χ4n) is 3.73. The molecule has 0 aliphatic carbocycles. The van der Waals surface area contributed by atoms with Crippen molar-refractivity contribution in [1.29, 1.82) is 0 Å². The van der Waals surface area contributed by atoms with Crippen LogP contribution in [-0.4, -0.2) is 54.6 Å². The van der Waals surface area contributed by atoms with Crippen LogP contribution in [0.25, 0.3) is 0 Å². The molecule has 1 fully saturated rings. The Bertz CT molecular complexity index is 816. The second-order valence-electron chi connectivity index (χ2n) is 7.51. The van der Waals surface area contributed by atoms with Gasteiger partial charge in [0.05, 0.1) is 31.9 Å². The second-order valence-corrected chi connectivity index (χ2v) is 7.51. The molecule has 29 heavy (non-hydrogen) atoms. The topological polar surface area (TPSA) is 60.0 Å². The SMILES string of the molecule is CN1CN(CCCOC2CCCCO2)Cc2cc(Oc3cncc(F)c3)cnc21. The van der Waals surface area contributed by atoms with E-state index in [-0.39, 0.29) is 6.29 Å². The van der Waals surface area contributed by atoms with Crippen LogP contribution in [0.2, 0.25) is 0 Å². The van der Waals surface area contributed by atoms with Crippen LogP contribution in [0, 0.1) is 5.82 Å². The highest BCUT2D eigenvalue weighted by Gasteiger charge is 2.22.